The number of hydrogen-bond acceptors (Lipinski definition) is 4. The minimum absolute atomic E-state index is 0.00283. The maximum absolute atomic E-state index is 12.7. The molecule has 21 heavy (non-hydrogen) atoms. The average molecular weight is 321 g/mol. The lowest BCUT2D eigenvalue weighted by atomic mass is 10.2. The van der Waals surface area contributed by atoms with Crippen molar-refractivity contribution < 1.29 is 18.3 Å². The van der Waals surface area contributed by atoms with E-state index in [2.05, 4.69) is 0 Å². The van der Waals surface area contributed by atoms with Gasteiger partial charge in [0.2, 0.25) is 0 Å². The third-order valence-corrected chi connectivity index (χ3v) is 5.87. The highest BCUT2D eigenvalue weighted by Gasteiger charge is 2.34. The van der Waals surface area contributed by atoms with Gasteiger partial charge >= 0.3 is 5.97 Å². The van der Waals surface area contributed by atoms with Crippen LogP contribution in [0.25, 0.3) is 0 Å². The zero-order chi connectivity index (χ0) is 16.0. The van der Waals surface area contributed by atoms with Crippen LogP contribution < -0.4 is 0 Å². The van der Waals surface area contributed by atoms with Gasteiger partial charge < -0.3 is 10.0 Å². The van der Waals surface area contributed by atoms with Crippen molar-refractivity contribution in [1.29, 1.82) is 0 Å². The second kappa shape index (κ2) is 8.07. The highest BCUT2D eigenvalue weighted by atomic mass is 32.2. The molecule has 0 aromatic heterocycles. The molecule has 1 N–H and O–H groups in total. The van der Waals surface area contributed by atoms with E-state index in [4.69, 9.17) is 5.11 Å². The van der Waals surface area contributed by atoms with Gasteiger partial charge in [-0.05, 0) is 26.9 Å². The molecule has 0 aromatic carbocycles. The summed E-state index contributed by atoms with van der Waals surface area (Å²) in [5.74, 6) is -0.988. The Morgan fingerprint density at radius 3 is 2.14 bits per heavy atom. The smallest absolute Gasteiger partial charge is 0.304 e. The summed E-state index contributed by atoms with van der Waals surface area (Å²) in [6, 6.07) is 0.0437. The fourth-order valence-electron chi connectivity index (χ4n) is 2.52. The molecule has 0 saturated heterocycles. The number of aliphatic carboxylic acids is 1. The van der Waals surface area contributed by atoms with E-state index >= 15 is 0 Å². The SMILES string of the molecule is CN(C)CCN(C1CCCC1)S(=O)(=O)N(C)CCC(=O)O. The van der Waals surface area contributed by atoms with Gasteiger partial charge in [-0.3, -0.25) is 4.79 Å². The molecule has 7 nitrogen and oxygen atoms in total. The van der Waals surface area contributed by atoms with Crippen molar-refractivity contribution >= 4 is 16.2 Å². The first-order valence-electron chi connectivity index (χ1n) is 7.34. The van der Waals surface area contributed by atoms with Crippen LogP contribution in [-0.2, 0) is 15.0 Å². The molecule has 0 spiro atoms. The van der Waals surface area contributed by atoms with Crippen LogP contribution in [0, 0.1) is 0 Å². The van der Waals surface area contributed by atoms with Crippen molar-refractivity contribution in [2.75, 3.05) is 40.8 Å². The third-order valence-electron chi connectivity index (χ3n) is 3.83. The molecular weight excluding hydrogens is 294 g/mol. The van der Waals surface area contributed by atoms with E-state index < -0.39 is 16.2 Å². The average Bonchev–Trinajstić information content (AvgIpc) is 2.89. The van der Waals surface area contributed by atoms with E-state index in [-0.39, 0.29) is 19.0 Å². The first-order valence-corrected chi connectivity index (χ1v) is 8.74. The minimum Gasteiger partial charge on any atom is -0.481 e. The lowest BCUT2D eigenvalue weighted by Crippen LogP contribution is -2.49. The second-order valence-electron chi connectivity index (χ2n) is 5.83. The van der Waals surface area contributed by atoms with E-state index in [1.54, 1.807) is 4.31 Å². The van der Waals surface area contributed by atoms with Gasteiger partial charge in [0, 0.05) is 32.7 Å². The van der Waals surface area contributed by atoms with Crippen molar-refractivity contribution in [3.8, 4) is 0 Å². The predicted molar refractivity (Wildman–Crippen MR) is 81.3 cm³/mol. The van der Waals surface area contributed by atoms with Gasteiger partial charge in [-0.25, -0.2) is 0 Å². The van der Waals surface area contributed by atoms with E-state index in [0.717, 1.165) is 30.0 Å². The Morgan fingerprint density at radius 2 is 1.67 bits per heavy atom. The maximum atomic E-state index is 12.7. The predicted octanol–water partition coefficient (Wildman–Crippen LogP) is 0.444. The normalized spacial score (nSPS) is 17.2. The summed E-state index contributed by atoms with van der Waals surface area (Å²) in [5, 5.41) is 8.71. The number of nitrogens with zero attached hydrogens (tertiary/aromatic N) is 3. The monoisotopic (exact) mass is 321 g/mol. The van der Waals surface area contributed by atoms with Crippen LogP contribution in [0.2, 0.25) is 0 Å². The molecule has 1 rings (SSSR count). The van der Waals surface area contributed by atoms with Gasteiger partial charge in [0.05, 0.1) is 6.42 Å². The molecule has 0 aliphatic heterocycles. The lowest BCUT2D eigenvalue weighted by molar-refractivity contribution is -0.137. The Hall–Kier alpha value is -0.700. The Balaban J connectivity index is 2.80. The van der Waals surface area contributed by atoms with Crippen molar-refractivity contribution in [2.24, 2.45) is 0 Å². The third kappa shape index (κ3) is 5.54. The number of carboxylic acids is 1. The van der Waals surface area contributed by atoms with Crippen molar-refractivity contribution in [3.05, 3.63) is 0 Å². The molecule has 1 aliphatic rings. The van der Waals surface area contributed by atoms with Gasteiger partial charge in [0.25, 0.3) is 10.2 Å². The van der Waals surface area contributed by atoms with Crippen molar-refractivity contribution in [3.63, 3.8) is 0 Å². The second-order valence-corrected chi connectivity index (χ2v) is 7.81. The number of hydrogen-bond donors (Lipinski definition) is 1. The number of rotatable bonds is 9. The molecule has 1 fully saturated rings. The van der Waals surface area contributed by atoms with Gasteiger partial charge in [-0.1, -0.05) is 12.8 Å². The lowest BCUT2D eigenvalue weighted by Gasteiger charge is -2.32. The summed E-state index contributed by atoms with van der Waals surface area (Å²) in [7, 11) is 1.68. The largest absolute Gasteiger partial charge is 0.481 e. The Kier molecular flexibility index (Phi) is 7.05. The first-order chi connectivity index (χ1) is 9.75. The van der Waals surface area contributed by atoms with Crippen LogP contribution >= 0.6 is 0 Å². The maximum Gasteiger partial charge on any atom is 0.304 e. The Morgan fingerprint density at radius 1 is 1.10 bits per heavy atom. The van der Waals surface area contributed by atoms with Crippen LogP contribution in [0.4, 0.5) is 0 Å². The quantitative estimate of drug-likeness (QED) is 0.666. The van der Waals surface area contributed by atoms with Gasteiger partial charge in [0.15, 0.2) is 0 Å². The number of likely N-dealkylation sites (N-methyl/N-ethyl adjacent to an activating group) is 1. The summed E-state index contributed by atoms with van der Waals surface area (Å²) in [5.41, 5.74) is 0. The summed E-state index contributed by atoms with van der Waals surface area (Å²) >= 11 is 0. The van der Waals surface area contributed by atoms with Crippen molar-refractivity contribution in [1.82, 2.24) is 13.5 Å². The topological polar surface area (TPSA) is 81.2 Å². The molecule has 8 heteroatoms. The summed E-state index contributed by atoms with van der Waals surface area (Å²) in [6.07, 6.45) is 3.70. The van der Waals surface area contributed by atoms with Gasteiger partial charge in [-0.15, -0.1) is 0 Å². The molecule has 0 amide bonds. The highest BCUT2D eigenvalue weighted by Crippen LogP contribution is 2.26. The molecule has 0 unspecified atom stereocenters. The molecule has 0 aromatic rings. The van der Waals surface area contributed by atoms with E-state index in [0.29, 0.717) is 13.1 Å². The highest BCUT2D eigenvalue weighted by molar-refractivity contribution is 7.86. The minimum atomic E-state index is -3.60. The molecule has 1 aliphatic carbocycles. The standard InChI is InChI=1S/C13H27N3O4S/c1-14(2)10-11-16(12-6-4-5-7-12)21(19,20)15(3)9-8-13(17)18/h12H,4-11H2,1-3H3,(H,17,18). The molecule has 124 valence electrons. The molecule has 0 bridgehead atoms. The Bertz CT molecular complexity index is 433. The summed E-state index contributed by atoms with van der Waals surface area (Å²) in [6.45, 7) is 1.10. The van der Waals surface area contributed by atoms with Crippen molar-refractivity contribution in [2.45, 2.75) is 38.1 Å². The van der Waals surface area contributed by atoms with E-state index in [1.807, 2.05) is 19.0 Å². The molecule has 0 heterocycles. The van der Waals surface area contributed by atoms with Crippen LogP contribution in [0.1, 0.15) is 32.1 Å². The van der Waals surface area contributed by atoms with Gasteiger partial charge in [0.1, 0.15) is 0 Å². The summed E-state index contributed by atoms with van der Waals surface area (Å²) in [4.78, 5) is 12.6. The van der Waals surface area contributed by atoms with E-state index in [9.17, 15) is 13.2 Å². The first kappa shape index (κ1) is 18.3. The number of carboxylic acid groups (broad SMARTS) is 1. The van der Waals surface area contributed by atoms with Crippen LogP contribution in [0.5, 0.6) is 0 Å². The van der Waals surface area contributed by atoms with E-state index in [1.165, 1.54) is 7.05 Å². The fourth-order valence-corrected chi connectivity index (χ4v) is 4.10. The zero-order valence-corrected chi connectivity index (χ0v) is 14.0. The molecule has 0 radical (unpaired) electrons. The van der Waals surface area contributed by atoms with Crippen LogP contribution in [0.3, 0.4) is 0 Å². The van der Waals surface area contributed by atoms with Gasteiger partial charge in [-0.2, -0.15) is 17.0 Å². The molecule has 0 atom stereocenters. The van der Waals surface area contributed by atoms with Crippen LogP contribution in [-0.4, -0.2) is 79.8 Å². The molecule has 1 saturated carbocycles. The fraction of sp³-hybridized carbons (Fsp3) is 0.923. The zero-order valence-electron chi connectivity index (χ0n) is 13.2. The number of carbonyl (C=O) groups is 1. The Labute approximate surface area is 127 Å². The summed E-state index contributed by atoms with van der Waals surface area (Å²) < 4.78 is 28.1. The van der Waals surface area contributed by atoms with Crippen LogP contribution in [0.15, 0.2) is 0 Å². The molecular formula is C13H27N3O4S.